The van der Waals surface area contributed by atoms with Gasteiger partial charge in [-0.1, -0.05) is 24.3 Å². The summed E-state index contributed by atoms with van der Waals surface area (Å²) < 4.78 is 24.3. The second-order valence-electron chi connectivity index (χ2n) is 7.18. The highest BCUT2D eigenvalue weighted by Gasteiger charge is 2.05. The Morgan fingerprint density at radius 3 is 2.69 bits per heavy atom. The van der Waals surface area contributed by atoms with E-state index in [-0.39, 0.29) is 29.8 Å². The summed E-state index contributed by atoms with van der Waals surface area (Å²) in [5, 5.41) is 7.72. The maximum absolute atomic E-state index is 13.3. The average molecular weight is 554 g/mol. The molecule has 1 aromatic heterocycles. The van der Waals surface area contributed by atoms with Gasteiger partial charge in [0.1, 0.15) is 5.82 Å². The summed E-state index contributed by atoms with van der Waals surface area (Å²) in [4.78, 5) is 7.42. The van der Waals surface area contributed by atoms with Crippen LogP contribution in [-0.2, 0) is 29.0 Å². The van der Waals surface area contributed by atoms with Crippen LogP contribution < -0.4 is 10.6 Å². The number of hydrogen-bond donors (Lipinski definition) is 3. The molecule has 0 saturated carbocycles. The molecule has 3 aromatic rings. The van der Waals surface area contributed by atoms with Gasteiger partial charge in [0.25, 0.3) is 0 Å². The molecule has 6 nitrogen and oxygen atoms in total. The maximum Gasteiger partial charge on any atom is 0.191 e. The molecular weight excluding hydrogens is 522 g/mol. The normalized spacial score (nSPS) is 11.4. The predicted molar refractivity (Wildman–Crippen MR) is 138 cm³/mol. The number of ether oxygens (including phenoxy) is 2. The Hall–Kier alpha value is -2.17. The van der Waals surface area contributed by atoms with Crippen molar-refractivity contribution in [2.45, 2.75) is 26.5 Å². The van der Waals surface area contributed by atoms with Gasteiger partial charge in [-0.2, -0.15) is 0 Å². The fourth-order valence-electron chi connectivity index (χ4n) is 3.37. The quantitative estimate of drug-likeness (QED) is 0.142. The lowest BCUT2D eigenvalue weighted by Crippen LogP contribution is -2.37. The summed E-state index contributed by atoms with van der Waals surface area (Å²) in [7, 11) is 1.76. The first-order chi connectivity index (χ1) is 15.2. The number of H-pyrrole nitrogens is 1. The second kappa shape index (κ2) is 14.1. The molecule has 0 amide bonds. The molecule has 0 bridgehead atoms. The maximum atomic E-state index is 13.3. The molecule has 2 aromatic carbocycles. The third kappa shape index (κ3) is 8.07. The van der Waals surface area contributed by atoms with Crippen molar-refractivity contribution in [2.24, 2.45) is 4.99 Å². The van der Waals surface area contributed by atoms with Crippen LogP contribution in [0.25, 0.3) is 10.9 Å². The van der Waals surface area contributed by atoms with Gasteiger partial charge in [0.15, 0.2) is 5.96 Å². The number of aromatic amines is 1. The molecule has 0 aliphatic carbocycles. The Balaban J connectivity index is 0.00000363. The van der Waals surface area contributed by atoms with Crippen molar-refractivity contribution >= 4 is 40.8 Å². The molecule has 0 radical (unpaired) electrons. The Morgan fingerprint density at radius 1 is 1.06 bits per heavy atom. The first kappa shape index (κ1) is 26.1. The van der Waals surface area contributed by atoms with Gasteiger partial charge >= 0.3 is 0 Å². The van der Waals surface area contributed by atoms with E-state index in [1.807, 2.05) is 25.3 Å². The van der Waals surface area contributed by atoms with Crippen molar-refractivity contribution in [1.82, 2.24) is 15.6 Å². The molecule has 3 rings (SSSR count). The van der Waals surface area contributed by atoms with Crippen molar-refractivity contribution in [2.75, 3.05) is 33.4 Å². The van der Waals surface area contributed by atoms with Crippen molar-refractivity contribution in [3.8, 4) is 0 Å². The molecule has 0 fully saturated rings. The Bertz CT molecular complexity index is 993. The van der Waals surface area contributed by atoms with Crippen LogP contribution in [0.15, 0.2) is 53.7 Å². The van der Waals surface area contributed by atoms with E-state index >= 15 is 0 Å². The fraction of sp³-hybridized carbons (Fsp3) is 0.375. The van der Waals surface area contributed by atoms with Gasteiger partial charge in [-0.05, 0) is 48.2 Å². The molecule has 0 unspecified atom stereocenters. The number of nitrogens with zero attached hydrogens (tertiary/aromatic N) is 1. The van der Waals surface area contributed by atoms with E-state index in [1.54, 1.807) is 7.05 Å². The number of hydrogen-bond acceptors (Lipinski definition) is 3. The van der Waals surface area contributed by atoms with Gasteiger partial charge in [0.2, 0.25) is 0 Å². The Morgan fingerprint density at radius 2 is 1.88 bits per heavy atom. The van der Waals surface area contributed by atoms with E-state index in [0.29, 0.717) is 33.0 Å². The van der Waals surface area contributed by atoms with Crippen LogP contribution in [0.5, 0.6) is 0 Å². The zero-order chi connectivity index (χ0) is 21.9. The van der Waals surface area contributed by atoms with Crippen LogP contribution in [-0.4, -0.2) is 44.4 Å². The molecule has 1 heterocycles. The molecule has 8 heteroatoms. The minimum absolute atomic E-state index is 0. The number of nitrogens with one attached hydrogen (secondary N) is 3. The lowest BCUT2D eigenvalue weighted by molar-refractivity contribution is 0.0453. The summed E-state index contributed by atoms with van der Waals surface area (Å²) in [6.07, 6.45) is 2.74. The second-order valence-corrected chi connectivity index (χ2v) is 7.18. The van der Waals surface area contributed by atoms with Gasteiger partial charge in [0, 0.05) is 43.8 Å². The van der Waals surface area contributed by atoms with Gasteiger partial charge in [-0.25, -0.2) is 4.39 Å². The lowest BCUT2D eigenvalue weighted by atomic mass is 10.1. The standard InChI is InChI=1S/C24H31FN4O2.HI/c1-3-30-11-12-31-17-19-6-4-5-18(13-19)15-29-24(26-2)27-10-9-20-16-28-23-14-21(25)7-8-22(20)23;/h4-8,13-14,16,28H,3,9-12,15,17H2,1-2H3,(H2,26,27,29);1H. The minimum atomic E-state index is -0.232. The van der Waals surface area contributed by atoms with Crippen molar-refractivity contribution in [1.29, 1.82) is 0 Å². The summed E-state index contributed by atoms with van der Waals surface area (Å²) in [6.45, 7) is 5.86. The van der Waals surface area contributed by atoms with E-state index in [9.17, 15) is 4.39 Å². The van der Waals surface area contributed by atoms with Gasteiger partial charge in [-0.15, -0.1) is 24.0 Å². The van der Waals surface area contributed by atoms with Crippen LogP contribution >= 0.6 is 24.0 Å². The summed E-state index contributed by atoms with van der Waals surface area (Å²) in [6, 6.07) is 13.1. The van der Waals surface area contributed by atoms with Crippen molar-refractivity contribution < 1.29 is 13.9 Å². The lowest BCUT2D eigenvalue weighted by Gasteiger charge is -2.12. The number of guanidine groups is 1. The van der Waals surface area contributed by atoms with E-state index < -0.39 is 0 Å². The number of fused-ring (bicyclic) bond motifs is 1. The van der Waals surface area contributed by atoms with Gasteiger partial charge in [-0.3, -0.25) is 4.99 Å². The third-order valence-electron chi connectivity index (χ3n) is 4.94. The summed E-state index contributed by atoms with van der Waals surface area (Å²) >= 11 is 0. The van der Waals surface area contributed by atoms with E-state index in [1.165, 1.54) is 12.1 Å². The first-order valence-electron chi connectivity index (χ1n) is 10.6. The monoisotopic (exact) mass is 554 g/mol. The highest BCUT2D eigenvalue weighted by atomic mass is 127. The summed E-state index contributed by atoms with van der Waals surface area (Å²) in [5.74, 6) is 0.508. The number of aliphatic imine (C=N–C) groups is 1. The number of halogens is 2. The Kier molecular flexibility index (Phi) is 11.5. The molecule has 0 spiro atoms. The Labute approximate surface area is 206 Å². The molecule has 0 aliphatic heterocycles. The van der Waals surface area contributed by atoms with Crippen LogP contribution in [0.3, 0.4) is 0 Å². The highest BCUT2D eigenvalue weighted by Crippen LogP contribution is 2.19. The van der Waals surface area contributed by atoms with Gasteiger partial charge in [0.05, 0.1) is 19.8 Å². The van der Waals surface area contributed by atoms with Crippen molar-refractivity contribution in [3.05, 3.63) is 71.2 Å². The highest BCUT2D eigenvalue weighted by molar-refractivity contribution is 14.0. The molecule has 0 saturated heterocycles. The molecular formula is C24H32FIN4O2. The zero-order valence-electron chi connectivity index (χ0n) is 18.6. The molecule has 0 atom stereocenters. The molecule has 32 heavy (non-hydrogen) atoms. The molecule has 174 valence electrons. The minimum Gasteiger partial charge on any atom is -0.379 e. The van der Waals surface area contributed by atoms with Crippen LogP contribution in [0.1, 0.15) is 23.6 Å². The van der Waals surface area contributed by atoms with E-state index in [4.69, 9.17) is 9.47 Å². The largest absolute Gasteiger partial charge is 0.379 e. The van der Waals surface area contributed by atoms with Gasteiger partial charge < -0.3 is 25.1 Å². The first-order valence-corrected chi connectivity index (χ1v) is 10.6. The predicted octanol–water partition coefficient (Wildman–Crippen LogP) is 4.39. The van der Waals surface area contributed by atoms with E-state index in [2.05, 4.69) is 38.8 Å². The zero-order valence-corrected chi connectivity index (χ0v) is 20.9. The number of rotatable bonds is 11. The number of benzene rings is 2. The SMILES string of the molecule is CCOCCOCc1cccc(CNC(=NC)NCCc2c[nH]c3cc(F)ccc23)c1.I. The van der Waals surface area contributed by atoms with Crippen LogP contribution in [0, 0.1) is 5.82 Å². The van der Waals surface area contributed by atoms with Crippen LogP contribution in [0.4, 0.5) is 4.39 Å². The average Bonchev–Trinajstić information content (AvgIpc) is 3.18. The molecule has 3 N–H and O–H groups in total. The summed E-state index contributed by atoms with van der Waals surface area (Å²) in [5.41, 5.74) is 4.26. The topological polar surface area (TPSA) is 70.7 Å². The molecule has 0 aliphatic rings. The fourth-order valence-corrected chi connectivity index (χ4v) is 3.37. The van der Waals surface area contributed by atoms with Crippen LogP contribution in [0.2, 0.25) is 0 Å². The van der Waals surface area contributed by atoms with Crippen molar-refractivity contribution in [3.63, 3.8) is 0 Å². The number of aromatic nitrogens is 1. The smallest absolute Gasteiger partial charge is 0.191 e. The van der Waals surface area contributed by atoms with E-state index in [0.717, 1.165) is 46.5 Å². The third-order valence-corrected chi connectivity index (χ3v) is 4.94.